The fourth-order valence-electron chi connectivity index (χ4n) is 3.37. The minimum atomic E-state index is -0.580. The first kappa shape index (κ1) is 20.2. The van der Waals surface area contributed by atoms with Gasteiger partial charge in [-0.25, -0.2) is 13.8 Å². The normalized spacial score (nSPS) is 10.7. The fourth-order valence-corrected chi connectivity index (χ4v) is 4.50. The molecule has 0 radical (unpaired) electrons. The monoisotopic (exact) mass is 431 g/mol. The van der Waals surface area contributed by atoms with Gasteiger partial charge in [0.1, 0.15) is 10.5 Å². The predicted molar refractivity (Wildman–Crippen MR) is 115 cm³/mol. The molecular weight excluding hydrogens is 417 g/mol. The van der Waals surface area contributed by atoms with Crippen molar-refractivity contribution in [1.82, 2.24) is 14.1 Å². The Hall–Kier alpha value is -4.08. The third-order valence-corrected chi connectivity index (χ3v) is 5.90. The van der Waals surface area contributed by atoms with Gasteiger partial charge >= 0.3 is 5.69 Å². The topological polar surface area (TPSA) is 104 Å². The van der Waals surface area contributed by atoms with Gasteiger partial charge < -0.3 is 0 Å². The minimum absolute atomic E-state index is 0.0739. The van der Waals surface area contributed by atoms with Gasteiger partial charge in [0.25, 0.3) is 5.56 Å². The van der Waals surface area contributed by atoms with Crippen molar-refractivity contribution in [2.45, 2.75) is 19.9 Å². The van der Waals surface area contributed by atoms with Gasteiger partial charge in [0.2, 0.25) is 0 Å². The highest BCUT2D eigenvalue weighted by molar-refractivity contribution is 7.22. The number of hydrogen-bond acceptors (Lipinski definition) is 6. The van der Waals surface area contributed by atoms with Crippen LogP contribution in [-0.2, 0) is 6.54 Å². The van der Waals surface area contributed by atoms with Crippen molar-refractivity contribution in [1.29, 1.82) is 10.5 Å². The maximum Gasteiger partial charge on any atom is 0.336 e. The number of pyridine rings is 1. The van der Waals surface area contributed by atoms with Crippen molar-refractivity contribution >= 4 is 21.6 Å². The zero-order valence-electron chi connectivity index (χ0n) is 16.3. The Morgan fingerprint density at radius 3 is 2.68 bits per heavy atom. The molecule has 0 saturated carbocycles. The Kier molecular flexibility index (Phi) is 5.20. The van der Waals surface area contributed by atoms with Crippen molar-refractivity contribution in [3.8, 4) is 28.3 Å². The molecule has 0 saturated heterocycles. The largest absolute Gasteiger partial charge is 0.336 e. The van der Waals surface area contributed by atoms with Crippen LogP contribution in [0.3, 0.4) is 0 Å². The fraction of sp³-hybridized carbons (Fsp3) is 0.136. The van der Waals surface area contributed by atoms with E-state index in [2.05, 4.69) is 4.98 Å². The molecule has 4 aromatic rings. The SMILES string of the molecule is Cc1cncc(-n2c(=O)c3sc(-c4ccc(F)cc4C#N)cc3n(CCC#N)c2=O)c1. The highest BCUT2D eigenvalue weighted by Gasteiger charge is 2.19. The summed E-state index contributed by atoms with van der Waals surface area (Å²) >= 11 is 1.11. The highest BCUT2D eigenvalue weighted by atomic mass is 32.1. The average molecular weight is 431 g/mol. The number of benzene rings is 1. The molecule has 0 atom stereocenters. The van der Waals surface area contributed by atoms with Gasteiger partial charge in [0.05, 0.1) is 41.5 Å². The maximum atomic E-state index is 13.6. The first-order valence-electron chi connectivity index (χ1n) is 9.23. The van der Waals surface area contributed by atoms with E-state index in [4.69, 9.17) is 5.26 Å². The molecule has 3 heterocycles. The molecule has 31 heavy (non-hydrogen) atoms. The van der Waals surface area contributed by atoms with E-state index < -0.39 is 17.1 Å². The van der Waals surface area contributed by atoms with Crippen LogP contribution in [0.1, 0.15) is 17.5 Å². The molecule has 1 aromatic carbocycles. The highest BCUT2D eigenvalue weighted by Crippen LogP contribution is 2.34. The summed E-state index contributed by atoms with van der Waals surface area (Å²) in [6.07, 6.45) is 3.12. The number of aromatic nitrogens is 3. The van der Waals surface area contributed by atoms with Crippen LogP contribution in [-0.4, -0.2) is 14.1 Å². The molecule has 4 rings (SSSR count). The van der Waals surface area contributed by atoms with Gasteiger partial charge in [0, 0.05) is 23.2 Å². The quantitative estimate of drug-likeness (QED) is 0.492. The van der Waals surface area contributed by atoms with Crippen LogP contribution in [0.15, 0.2) is 52.3 Å². The lowest BCUT2D eigenvalue weighted by molar-refractivity contribution is 0.627. The van der Waals surface area contributed by atoms with Gasteiger partial charge in [-0.15, -0.1) is 11.3 Å². The second-order valence-corrected chi connectivity index (χ2v) is 7.88. The van der Waals surface area contributed by atoms with Gasteiger partial charge in [-0.3, -0.25) is 14.3 Å². The van der Waals surface area contributed by atoms with Crippen LogP contribution in [0, 0.1) is 35.4 Å². The molecule has 0 aliphatic carbocycles. The van der Waals surface area contributed by atoms with Crippen LogP contribution in [0.5, 0.6) is 0 Å². The van der Waals surface area contributed by atoms with Crippen molar-refractivity contribution in [2.24, 2.45) is 0 Å². The first-order chi connectivity index (χ1) is 14.9. The summed E-state index contributed by atoms with van der Waals surface area (Å²) in [5.41, 5.74) is 0.978. The number of fused-ring (bicyclic) bond motifs is 1. The van der Waals surface area contributed by atoms with Gasteiger partial charge in [-0.2, -0.15) is 10.5 Å². The second kappa shape index (κ2) is 7.98. The van der Waals surface area contributed by atoms with E-state index >= 15 is 0 Å². The summed E-state index contributed by atoms with van der Waals surface area (Å²) in [4.78, 5) is 31.1. The molecule has 0 fully saturated rings. The number of nitrogens with zero attached hydrogens (tertiary/aromatic N) is 5. The number of rotatable bonds is 4. The van der Waals surface area contributed by atoms with Gasteiger partial charge in [-0.1, -0.05) is 0 Å². The van der Waals surface area contributed by atoms with Gasteiger partial charge in [-0.05, 0) is 42.8 Å². The molecule has 0 bridgehead atoms. The van der Waals surface area contributed by atoms with Crippen LogP contribution in [0.25, 0.3) is 26.3 Å². The lowest BCUT2D eigenvalue weighted by Gasteiger charge is -2.11. The first-order valence-corrected chi connectivity index (χ1v) is 10.0. The van der Waals surface area contributed by atoms with E-state index in [1.807, 2.05) is 12.1 Å². The van der Waals surface area contributed by atoms with Crippen LogP contribution < -0.4 is 11.2 Å². The second-order valence-electron chi connectivity index (χ2n) is 6.83. The summed E-state index contributed by atoms with van der Waals surface area (Å²) in [7, 11) is 0. The number of nitriles is 2. The smallest absolute Gasteiger partial charge is 0.291 e. The molecule has 0 N–H and O–H groups in total. The average Bonchev–Trinajstić information content (AvgIpc) is 3.19. The Labute approximate surface area is 179 Å². The molecule has 0 aliphatic rings. The van der Waals surface area contributed by atoms with Crippen LogP contribution >= 0.6 is 11.3 Å². The van der Waals surface area contributed by atoms with Crippen LogP contribution in [0.2, 0.25) is 0 Å². The third-order valence-electron chi connectivity index (χ3n) is 4.76. The standard InChI is InChI=1S/C22H14FN5O2S/c1-13-7-16(12-26-11-13)28-21(29)20-18(27(22(28)30)6-2-5-24)9-19(31-20)17-4-3-15(23)8-14(17)10-25/h3-4,7-9,11-12H,2,6H2,1H3. The Balaban J connectivity index is 2.06. The number of aryl methyl sites for hydroxylation is 2. The molecule has 152 valence electrons. The van der Waals surface area contributed by atoms with Crippen LogP contribution in [0.4, 0.5) is 4.39 Å². The molecular formula is C22H14FN5O2S. The van der Waals surface area contributed by atoms with E-state index in [9.17, 15) is 19.2 Å². The lowest BCUT2D eigenvalue weighted by atomic mass is 10.1. The Morgan fingerprint density at radius 1 is 1.16 bits per heavy atom. The van der Waals surface area contributed by atoms with Crippen molar-refractivity contribution in [3.63, 3.8) is 0 Å². The maximum absolute atomic E-state index is 13.6. The predicted octanol–water partition coefficient (Wildman–Crippen LogP) is 3.51. The zero-order valence-corrected chi connectivity index (χ0v) is 17.1. The number of halogens is 1. The summed E-state index contributed by atoms with van der Waals surface area (Å²) in [6, 6.07) is 11.1. The Bertz CT molecular complexity index is 1540. The number of thiophene rings is 1. The number of hydrogen-bond donors (Lipinski definition) is 0. The molecule has 0 unspecified atom stereocenters. The third kappa shape index (κ3) is 3.52. The van der Waals surface area contributed by atoms with E-state index in [-0.39, 0.29) is 18.5 Å². The Morgan fingerprint density at radius 2 is 1.97 bits per heavy atom. The van der Waals surface area contributed by atoms with Crippen molar-refractivity contribution in [3.05, 3.63) is 80.5 Å². The van der Waals surface area contributed by atoms with E-state index in [0.29, 0.717) is 26.3 Å². The molecule has 0 spiro atoms. The van der Waals surface area contributed by atoms with E-state index in [1.165, 1.54) is 22.9 Å². The minimum Gasteiger partial charge on any atom is -0.291 e. The molecule has 0 aliphatic heterocycles. The summed E-state index contributed by atoms with van der Waals surface area (Å²) in [6.45, 7) is 1.89. The molecule has 3 aromatic heterocycles. The summed E-state index contributed by atoms with van der Waals surface area (Å²) in [5, 5.41) is 18.4. The molecule has 9 heteroatoms. The zero-order chi connectivity index (χ0) is 22.1. The van der Waals surface area contributed by atoms with Crippen molar-refractivity contribution < 1.29 is 4.39 Å². The molecule has 0 amide bonds. The van der Waals surface area contributed by atoms with E-state index in [1.54, 1.807) is 25.3 Å². The molecule has 7 nitrogen and oxygen atoms in total. The summed E-state index contributed by atoms with van der Waals surface area (Å²) < 4.78 is 16.3. The van der Waals surface area contributed by atoms with Gasteiger partial charge in [0.15, 0.2) is 0 Å². The lowest BCUT2D eigenvalue weighted by Crippen LogP contribution is -2.38. The summed E-state index contributed by atoms with van der Waals surface area (Å²) in [5.74, 6) is -0.540. The van der Waals surface area contributed by atoms with Crippen molar-refractivity contribution in [2.75, 3.05) is 0 Å². The van der Waals surface area contributed by atoms with E-state index in [0.717, 1.165) is 27.5 Å².